The Hall–Kier alpha value is -2.34. The monoisotopic (exact) mass is 422 g/mol. The maximum Gasteiger partial charge on any atom is 0.421 e. The number of alkyl halides is 2. The Labute approximate surface area is 174 Å². The zero-order chi connectivity index (χ0) is 21.7. The molecular formula is C24H26F4O2. The molecule has 6 heteroatoms. The smallest absolute Gasteiger partial charge is 0.421 e. The minimum atomic E-state index is -3.48. The summed E-state index contributed by atoms with van der Waals surface area (Å²) >= 11 is 0. The van der Waals surface area contributed by atoms with Crippen molar-refractivity contribution < 1.29 is 27.0 Å². The molecule has 2 aromatic carbocycles. The first-order valence-corrected chi connectivity index (χ1v) is 10.2. The first kappa shape index (κ1) is 22.3. The molecule has 0 atom stereocenters. The van der Waals surface area contributed by atoms with Crippen LogP contribution in [-0.2, 0) is 4.74 Å². The summed E-state index contributed by atoms with van der Waals surface area (Å²) in [5.74, 6) is -1.46. The van der Waals surface area contributed by atoms with Crippen LogP contribution in [0.4, 0.5) is 17.6 Å². The standard InChI is InChI=1S/C24H26F4O2/c1-3-4-17-6-10-19(11-7-17)29-15-24(27,28)30-20-12-8-18(9-13-20)21-14-5-16(2)22(25)23(21)26/h3-5,8-9,12-14,17,19H,6-7,10-11,15H2,1-2H3. The first-order chi connectivity index (χ1) is 14.3. The Kier molecular flexibility index (Phi) is 7.19. The van der Waals surface area contributed by atoms with Gasteiger partial charge in [0.1, 0.15) is 5.75 Å². The van der Waals surface area contributed by atoms with Crippen LogP contribution in [0.3, 0.4) is 0 Å². The van der Waals surface area contributed by atoms with Crippen molar-refractivity contribution in [3.63, 3.8) is 0 Å². The van der Waals surface area contributed by atoms with Crippen molar-refractivity contribution in [1.29, 1.82) is 0 Å². The maximum absolute atomic E-state index is 14.2. The quantitative estimate of drug-likeness (QED) is 0.351. The van der Waals surface area contributed by atoms with Crippen molar-refractivity contribution in [2.75, 3.05) is 6.61 Å². The number of ether oxygens (including phenoxy) is 2. The van der Waals surface area contributed by atoms with Crippen LogP contribution in [0.2, 0.25) is 0 Å². The van der Waals surface area contributed by atoms with Gasteiger partial charge in [-0.1, -0.05) is 36.4 Å². The molecule has 0 saturated heterocycles. The summed E-state index contributed by atoms with van der Waals surface area (Å²) in [6, 6.07) is 8.38. The van der Waals surface area contributed by atoms with Gasteiger partial charge >= 0.3 is 6.11 Å². The first-order valence-electron chi connectivity index (χ1n) is 10.2. The third kappa shape index (κ3) is 5.63. The van der Waals surface area contributed by atoms with Gasteiger partial charge < -0.3 is 9.47 Å². The lowest BCUT2D eigenvalue weighted by atomic mass is 9.87. The molecule has 162 valence electrons. The number of allylic oxidation sites excluding steroid dienone is 2. The van der Waals surface area contributed by atoms with Gasteiger partial charge in [-0.2, -0.15) is 8.78 Å². The zero-order valence-electron chi connectivity index (χ0n) is 17.1. The highest BCUT2D eigenvalue weighted by Crippen LogP contribution is 2.31. The molecule has 2 aromatic rings. The van der Waals surface area contributed by atoms with E-state index in [0.29, 0.717) is 11.5 Å². The van der Waals surface area contributed by atoms with Gasteiger partial charge in [-0.3, -0.25) is 0 Å². The molecule has 2 nitrogen and oxygen atoms in total. The minimum absolute atomic E-state index is 0.0632. The molecule has 1 aliphatic rings. The number of rotatable bonds is 7. The highest BCUT2D eigenvalue weighted by atomic mass is 19.3. The van der Waals surface area contributed by atoms with Crippen molar-refractivity contribution in [3.8, 4) is 16.9 Å². The predicted octanol–water partition coefficient (Wildman–Crippen LogP) is 7.06. The van der Waals surface area contributed by atoms with Crippen LogP contribution in [0.25, 0.3) is 11.1 Å². The predicted molar refractivity (Wildman–Crippen MR) is 109 cm³/mol. The fourth-order valence-corrected chi connectivity index (χ4v) is 3.71. The van der Waals surface area contributed by atoms with Crippen molar-refractivity contribution in [2.24, 2.45) is 5.92 Å². The van der Waals surface area contributed by atoms with Gasteiger partial charge in [0, 0.05) is 5.56 Å². The summed E-state index contributed by atoms with van der Waals surface area (Å²) in [5, 5.41) is 0. The van der Waals surface area contributed by atoms with E-state index in [1.165, 1.54) is 43.3 Å². The van der Waals surface area contributed by atoms with Gasteiger partial charge in [-0.05, 0) is 68.7 Å². The van der Waals surface area contributed by atoms with Crippen molar-refractivity contribution >= 4 is 0 Å². The molecule has 30 heavy (non-hydrogen) atoms. The van der Waals surface area contributed by atoms with Crippen molar-refractivity contribution in [3.05, 3.63) is 65.7 Å². The Morgan fingerprint density at radius 1 is 0.967 bits per heavy atom. The number of benzene rings is 2. The van der Waals surface area contributed by atoms with Gasteiger partial charge in [0.25, 0.3) is 0 Å². The number of aryl methyl sites for hydroxylation is 1. The second kappa shape index (κ2) is 9.65. The van der Waals surface area contributed by atoms with Crippen LogP contribution in [0, 0.1) is 24.5 Å². The summed E-state index contributed by atoms with van der Waals surface area (Å²) in [6.07, 6.45) is 3.85. The molecule has 0 amide bonds. The average molecular weight is 422 g/mol. The largest absolute Gasteiger partial charge is 0.431 e. The van der Waals surface area contributed by atoms with E-state index in [0.717, 1.165) is 25.7 Å². The third-order valence-corrected chi connectivity index (χ3v) is 5.38. The van der Waals surface area contributed by atoms with E-state index in [4.69, 9.17) is 9.47 Å². The topological polar surface area (TPSA) is 18.5 Å². The summed E-state index contributed by atoms with van der Waals surface area (Å²) in [6.45, 7) is 2.62. The van der Waals surface area contributed by atoms with E-state index in [2.05, 4.69) is 6.08 Å². The number of hydrogen-bond acceptors (Lipinski definition) is 2. The van der Waals surface area contributed by atoms with Crippen LogP contribution in [0.1, 0.15) is 38.2 Å². The Bertz CT molecular complexity index is 870. The Morgan fingerprint density at radius 3 is 2.27 bits per heavy atom. The molecule has 0 spiro atoms. The van der Waals surface area contributed by atoms with Gasteiger partial charge in [0.2, 0.25) is 0 Å². The van der Waals surface area contributed by atoms with E-state index in [1.807, 2.05) is 13.0 Å². The van der Waals surface area contributed by atoms with Gasteiger partial charge in [-0.25, -0.2) is 8.78 Å². The summed E-state index contributed by atoms with van der Waals surface area (Å²) in [5.41, 5.74) is 0.635. The lowest BCUT2D eigenvalue weighted by molar-refractivity contribution is -0.222. The van der Waals surface area contributed by atoms with Crippen molar-refractivity contribution in [2.45, 2.75) is 51.7 Å². The number of hydrogen-bond donors (Lipinski definition) is 0. The van der Waals surface area contributed by atoms with Crippen LogP contribution < -0.4 is 4.74 Å². The van der Waals surface area contributed by atoms with Crippen LogP contribution in [0.5, 0.6) is 5.75 Å². The molecule has 0 N–H and O–H groups in total. The van der Waals surface area contributed by atoms with Crippen molar-refractivity contribution in [1.82, 2.24) is 0 Å². The van der Waals surface area contributed by atoms with E-state index >= 15 is 0 Å². The average Bonchev–Trinajstić information content (AvgIpc) is 2.73. The second-order valence-corrected chi connectivity index (χ2v) is 7.70. The fourth-order valence-electron chi connectivity index (χ4n) is 3.71. The fraction of sp³-hybridized carbons (Fsp3) is 0.417. The lowest BCUT2D eigenvalue weighted by Crippen LogP contribution is -2.34. The van der Waals surface area contributed by atoms with Gasteiger partial charge in [0.15, 0.2) is 18.2 Å². The van der Waals surface area contributed by atoms with Gasteiger partial charge in [0.05, 0.1) is 6.10 Å². The number of halogens is 4. The molecule has 1 fully saturated rings. The van der Waals surface area contributed by atoms with E-state index in [9.17, 15) is 17.6 Å². The summed E-state index contributed by atoms with van der Waals surface area (Å²) in [4.78, 5) is 0. The molecule has 0 heterocycles. The molecule has 0 aliphatic heterocycles. The molecule has 0 bridgehead atoms. The molecule has 0 radical (unpaired) electrons. The Balaban J connectivity index is 1.56. The van der Waals surface area contributed by atoms with E-state index in [1.54, 1.807) is 0 Å². The van der Waals surface area contributed by atoms with E-state index in [-0.39, 0.29) is 23.0 Å². The summed E-state index contributed by atoms with van der Waals surface area (Å²) in [7, 11) is 0. The van der Waals surface area contributed by atoms with Gasteiger partial charge in [-0.15, -0.1) is 0 Å². The second-order valence-electron chi connectivity index (χ2n) is 7.70. The summed E-state index contributed by atoms with van der Waals surface area (Å²) < 4.78 is 66.4. The molecular weight excluding hydrogens is 396 g/mol. The Morgan fingerprint density at radius 2 is 1.63 bits per heavy atom. The van der Waals surface area contributed by atoms with Crippen LogP contribution in [-0.4, -0.2) is 18.8 Å². The molecule has 3 rings (SSSR count). The maximum atomic E-state index is 14.2. The molecule has 0 aromatic heterocycles. The highest BCUT2D eigenvalue weighted by Gasteiger charge is 2.34. The molecule has 1 aliphatic carbocycles. The minimum Gasteiger partial charge on any atom is -0.431 e. The molecule has 1 saturated carbocycles. The third-order valence-electron chi connectivity index (χ3n) is 5.38. The van der Waals surface area contributed by atoms with Crippen LogP contribution in [0.15, 0.2) is 48.6 Å². The SMILES string of the molecule is CC=CC1CCC(OCC(F)(F)Oc2ccc(-c3ccc(C)c(F)c3F)cc2)CC1. The zero-order valence-corrected chi connectivity index (χ0v) is 17.1. The molecule has 0 unspecified atom stereocenters. The van der Waals surface area contributed by atoms with E-state index < -0.39 is 24.3 Å². The lowest BCUT2D eigenvalue weighted by Gasteiger charge is -2.28. The van der Waals surface area contributed by atoms with Crippen LogP contribution >= 0.6 is 0 Å². The normalized spacial score (nSPS) is 19.9. The highest BCUT2D eigenvalue weighted by molar-refractivity contribution is 5.65.